The van der Waals surface area contributed by atoms with E-state index in [0.717, 1.165) is 45.8 Å². The number of alkyl halides is 3. The van der Waals surface area contributed by atoms with E-state index in [-0.39, 0.29) is 0 Å². The SMILES string of the molecule is C/C=C(\c1ccc(OCc2cccc(-c3ccc(C(F)(F)F)cc3)c2)cc1)c1nncn1C. The maximum atomic E-state index is 12.8. The highest BCUT2D eigenvalue weighted by atomic mass is 19.4. The van der Waals surface area contributed by atoms with Crippen molar-refractivity contribution in [1.29, 1.82) is 0 Å². The Morgan fingerprint density at radius 1 is 0.970 bits per heavy atom. The molecule has 0 spiro atoms. The minimum absolute atomic E-state index is 0.341. The van der Waals surface area contributed by atoms with E-state index in [9.17, 15) is 13.2 Å². The number of ether oxygens (including phenoxy) is 1. The van der Waals surface area contributed by atoms with E-state index >= 15 is 0 Å². The molecule has 0 aliphatic carbocycles. The van der Waals surface area contributed by atoms with E-state index in [1.54, 1.807) is 6.33 Å². The van der Waals surface area contributed by atoms with Crippen molar-refractivity contribution in [3.8, 4) is 16.9 Å². The molecule has 0 atom stereocenters. The summed E-state index contributed by atoms with van der Waals surface area (Å²) in [4.78, 5) is 0. The van der Waals surface area contributed by atoms with E-state index in [1.165, 1.54) is 12.1 Å². The van der Waals surface area contributed by atoms with Crippen molar-refractivity contribution >= 4 is 5.57 Å². The Balaban J connectivity index is 1.44. The van der Waals surface area contributed by atoms with Crippen LogP contribution in [0, 0.1) is 0 Å². The summed E-state index contributed by atoms with van der Waals surface area (Å²) in [7, 11) is 1.90. The highest BCUT2D eigenvalue weighted by Crippen LogP contribution is 2.31. The number of rotatable bonds is 6. The predicted molar refractivity (Wildman–Crippen MR) is 121 cm³/mol. The minimum Gasteiger partial charge on any atom is -0.489 e. The maximum Gasteiger partial charge on any atom is 0.416 e. The van der Waals surface area contributed by atoms with E-state index in [1.807, 2.05) is 73.1 Å². The lowest BCUT2D eigenvalue weighted by atomic mass is 10.0. The number of nitrogens with zero attached hydrogens (tertiary/aromatic N) is 3. The number of hydrogen-bond donors (Lipinski definition) is 0. The van der Waals surface area contributed by atoms with Gasteiger partial charge in [0.25, 0.3) is 0 Å². The summed E-state index contributed by atoms with van der Waals surface area (Å²) < 4.78 is 46.2. The van der Waals surface area contributed by atoms with Gasteiger partial charge in [-0.1, -0.05) is 48.5 Å². The molecular formula is C26H22F3N3O. The van der Waals surface area contributed by atoms with E-state index < -0.39 is 11.7 Å². The van der Waals surface area contributed by atoms with Crippen LogP contribution in [0.2, 0.25) is 0 Å². The molecule has 0 aliphatic rings. The zero-order valence-electron chi connectivity index (χ0n) is 18.2. The Labute approximate surface area is 190 Å². The van der Waals surface area contributed by atoms with Crippen molar-refractivity contribution in [3.63, 3.8) is 0 Å². The number of allylic oxidation sites excluding steroid dienone is 1. The molecular weight excluding hydrogens is 427 g/mol. The summed E-state index contributed by atoms with van der Waals surface area (Å²) in [6.45, 7) is 2.30. The molecule has 0 bridgehead atoms. The van der Waals surface area contributed by atoms with Gasteiger partial charge in [0, 0.05) is 12.6 Å². The van der Waals surface area contributed by atoms with Crippen LogP contribution in [0.3, 0.4) is 0 Å². The summed E-state index contributed by atoms with van der Waals surface area (Å²) in [5.41, 5.74) is 3.80. The molecule has 0 N–H and O–H groups in total. The molecule has 0 aliphatic heterocycles. The second kappa shape index (κ2) is 9.32. The fraction of sp³-hybridized carbons (Fsp3) is 0.154. The van der Waals surface area contributed by atoms with Crippen molar-refractivity contribution in [3.05, 3.63) is 108 Å². The first-order valence-corrected chi connectivity index (χ1v) is 10.4. The van der Waals surface area contributed by atoms with Crippen molar-refractivity contribution in [2.75, 3.05) is 0 Å². The second-order valence-electron chi connectivity index (χ2n) is 7.56. The van der Waals surface area contributed by atoms with Crippen LogP contribution in [0.25, 0.3) is 16.7 Å². The van der Waals surface area contributed by atoms with Crippen LogP contribution in [0.4, 0.5) is 13.2 Å². The number of halogens is 3. The zero-order valence-corrected chi connectivity index (χ0v) is 18.2. The van der Waals surface area contributed by atoms with Crippen molar-refractivity contribution in [2.45, 2.75) is 19.7 Å². The summed E-state index contributed by atoms with van der Waals surface area (Å²) in [6.07, 6.45) is -0.687. The third-order valence-corrected chi connectivity index (χ3v) is 5.28. The number of aryl methyl sites for hydroxylation is 1. The van der Waals surface area contributed by atoms with Gasteiger partial charge in [0.2, 0.25) is 0 Å². The van der Waals surface area contributed by atoms with Crippen LogP contribution < -0.4 is 4.74 Å². The van der Waals surface area contributed by atoms with E-state index in [4.69, 9.17) is 4.74 Å². The van der Waals surface area contributed by atoms with Crippen molar-refractivity contribution in [1.82, 2.24) is 14.8 Å². The Bertz CT molecular complexity index is 1260. The molecule has 1 aromatic heterocycles. The van der Waals surface area contributed by atoms with Crippen molar-refractivity contribution in [2.24, 2.45) is 7.05 Å². The summed E-state index contributed by atoms with van der Waals surface area (Å²) >= 11 is 0. The zero-order chi connectivity index (χ0) is 23.4. The molecule has 7 heteroatoms. The van der Waals surface area contributed by atoms with E-state index in [2.05, 4.69) is 10.2 Å². The first kappa shape index (κ1) is 22.3. The minimum atomic E-state index is -4.34. The Morgan fingerprint density at radius 2 is 1.70 bits per heavy atom. The molecule has 4 rings (SSSR count). The van der Waals surface area contributed by atoms with Crippen LogP contribution in [0.5, 0.6) is 5.75 Å². The third-order valence-electron chi connectivity index (χ3n) is 5.28. The Hall–Kier alpha value is -3.87. The highest BCUT2D eigenvalue weighted by Gasteiger charge is 2.29. The van der Waals surface area contributed by atoms with Crippen LogP contribution in [0.15, 0.2) is 85.2 Å². The van der Waals surface area contributed by atoms with Gasteiger partial charge in [-0.05, 0) is 59.5 Å². The summed E-state index contributed by atoms with van der Waals surface area (Å²) in [5.74, 6) is 1.50. The summed E-state index contributed by atoms with van der Waals surface area (Å²) in [6, 6.07) is 20.5. The van der Waals surface area contributed by atoms with Crippen LogP contribution >= 0.6 is 0 Å². The molecule has 0 unspecified atom stereocenters. The standard InChI is InChI=1S/C26H22F3N3O/c1-3-24(25-31-30-17-32(25)2)20-9-13-23(14-10-20)33-16-18-5-4-6-21(15-18)19-7-11-22(12-8-19)26(27,28)29/h3-15,17H,16H2,1-2H3/b24-3+. The molecule has 33 heavy (non-hydrogen) atoms. The van der Waals surface area contributed by atoms with Gasteiger partial charge in [-0.25, -0.2) is 0 Å². The Morgan fingerprint density at radius 3 is 2.30 bits per heavy atom. The van der Waals surface area contributed by atoms with Gasteiger partial charge in [0.05, 0.1) is 5.56 Å². The fourth-order valence-electron chi connectivity index (χ4n) is 3.54. The van der Waals surface area contributed by atoms with Gasteiger partial charge in [-0.3, -0.25) is 0 Å². The first-order chi connectivity index (χ1) is 15.8. The van der Waals surface area contributed by atoms with Crippen molar-refractivity contribution < 1.29 is 17.9 Å². The number of hydrogen-bond acceptors (Lipinski definition) is 3. The molecule has 0 radical (unpaired) electrons. The predicted octanol–water partition coefficient (Wildman–Crippen LogP) is 6.53. The lowest BCUT2D eigenvalue weighted by molar-refractivity contribution is -0.137. The summed E-state index contributed by atoms with van der Waals surface area (Å²) in [5, 5.41) is 8.11. The molecule has 1 heterocycles. The smallest absolute Gasteiger partial charge is 0.416 e. The van der Waals surface area contributed by atoms with Gasteiger partial charge in [0.1, 0.15) is 18.7 Å². The average Bonchev–Trinajstić information content (AvgIpc) is 3.24. The van der Waals surface area contributed by atoms with Crippen LogP contribution in [-0.2, 0) is 19.8 Å². The Kier molecular flexibility index (Phi) is 6.31. The monoisotopic (exact) mass is 449 g/mol. The van der Waals surface area contributed by atoms with Crippen LogP contribution in [0.1, 0.15) is 29.4 Å². The van der Waals surface area contributed by atoms with Gasteiger partial charge >= 0.3 is 6.18 Å². The van der Waals surface area contributed by atoms with Crippen LogP contribution in [-0.4, -0.2) is 14.8 Å². The maximum absolute atomic E-state index is 12.8. The largest absolute Gasteiger partial charge is 0.489 e. The lowest BCUT2D eigenvalue weighted by Crippen LogP contribution is -2.04. The lowest BCUT2D eigenvalue weighted by Gasteiger charge is -2.11. The average molecular weight is 449 g/mol. The molecule has 4 nitrogen and oxygen atoms in total. The molecule has 0 amide bonds. The third kappa shape index (κ3) is 5.14. The first-order valence-electron chi connectivity index (χ1n) is 10.4. The van der Waals surface area contributed by atoms with E-state index in [0.29, 0.717) is 12.4 Å². The molecule has 168 valence electrons. The van der Waals surface area contributed by atoms with Gasteiger partial charge < -0.3 is 9.30 Å². The molecule has 0 saturated carbocycles. The molecule has 3 aromatic carbocycles. The quantitative estimate of drug-likeness (QED) is 0.336. The highest BCUT2D eigenvalue weighted by molar-refractivity contribution is 5.76. The normalized spacial score (nSPS) is 12.1. The van der Waals surface area contributed by atoms with Gasteiger partial charge in [0.15, 0.2) is 5.82 Å². The molecule has 0 fully saturated rings. The topological polar surface area (TPSA) is 39.9 Å². The second-order valence-corrected chi connectivity index (χ2v) is 7.56. The fourth-order valence-corrected chi connectivity index (χ4v) is 3.54. The molecule has 4 aromatic rings. The molecule has 0 saturated heterocycles. The number of benzene rings is 3. The van der Waals surface area contributed by atoms with Gasteiger partial charge in [-0.2, -0.15) is 13.2 Å². The number of aromatic nitrogens is 3. The van der Waals surface area contributed by atoms with Gasteiger partial charge in [-0.15, -0.1) is 10.2 Å².